The van der Waals surface area contributed by atoms with Gasteiger partial charge in [0.2, 0.25) is 5.82 Å². The highest BCUT2D eigenvalue weighted by molar-refractivity contribution is 6.35. The normalized spacial score (nSPS) is 10.6. The fourth-order valence-electron chi connectivity index (χ4n) is 3.02. The molecule has 0 bridgehead atoms. The number of hydrogen-bond donors (Lipinski definition) is 1. The van der Waals surface area contributed by atoms with E-state index >= 15 is 0 Å². The summed E-state index contributed by atoms with van der Waals surface area (Å²) in [6.07, 6.45) is 1.49. The first-order chi connectivity index (χ1) is 14.2. The summed E-state index contributed by atoms with van der Waals surface area (Å²) < 4.78 is 0. The lowest BCUT2D eigenvalue weighted by Crippen LogP contribution is -2.22. The summed E-state index contributed by atoms with van der Waals surface area (Å²) in [5.74, 6) is -0.572. The van der Waals surface area contributed by atoms with Crippen molar-refractivity contribution in [3.8, 4) is 11.3 Å². The number of rotatable bonds is 4. The smallest absolute Gasteiger partial charge is 0.293 e. The van der Waals surface area contributed by atoms with Crippen LogP contribution in [-0.4, -0.2) is 40.8 Å². The van der Waals surface area contributed by atoms with E-state index in [2.05, 4.69) is 15.3 Å². The van der Waals surface area contributed by atoms with E-state index in [9.17, 15) is 9.59 Å². The van der Waals surface area contributed by atoms with Gasteiger partial charge in [0.25, 0.3) is 11.8 Å². The minimum absolute atomic E-state index is 0.00390. The maximum absolute atomic E-state index is 12.8. The van der Waals surface area contributed by atoms with Gasteiger partial charge in [-0.1, -0.05) is 23.2 Å². The zero-order valence-corrected chi connectivity index (χ0v) is 18.5. The third kappa shape index (κ3) is 4.61. The lowest BCUT2D eigenvalue weighted by molar-refractivity contribution is 0.0827. The second kappa shape index (κ2) is 8.81. The van der Waals surface area contributed by atoms with Crippen molar-refractivity contribution in [3.63, 3.8) is 0 Å². The average molecular weight is 443 g/mol. The number of aromatic nitrogens is 2. The minimum Gasteiger partial charge on any atom is -0.345 e. The number of halogens is 2. The summed E-state index contributed by atoms with van der Waals surface area (Å²) in [6, 6.07) is 10.2. The molecule has 6 nitrogen and oxygen atoms in total. The highest BCUT2D eigenvalue weighted by atomic mass is 35.5. The maximum Gasteiger partial charge on any atom is 0.293 e. The van der Waals surface area contributed by atoms with Crippen molar-refractivity contribution in [2.45, 2.75) is 13.8 Å². The molecule has 0 unspecified atom stereocenters. The Hall–Kier alpha value is -2.96. The molecule has 2 aromatic carbocycles. The van der Waals surface area contributed by atoms with E-state index in [4.69, 9.17) is 23.2 Å². The van der Waals surface area contributed by atoms with Gasteiger partial charge in [0.05, 0.1) is 10.7 Å². The molecule has 30 heavy (non-hydrogen) atoms. The molecule has 2 amide bonds. The Labute approximate surface area is 184 Å². The molecule has 0 radical (unpaired) electrons. The molecule has 0 aliphatic carbocycles. The molecule has 154 valence electrons. The summed E-state index contributed by atoms with van der Waals surface area (Å²) in [5, 5.41) is 3.83. The Morgan fingerprint density at radius 1 is 1.00 bits per heavy atom. The SMILES string of the molecule is Cc1cc(C(=O)N(C)C)cc(C)c1NC(=O)c1nccc(-c2cc(Cl)ccc2Cl)n1. The van der Waals surface area contributed by atoms with Gasteiger partial charge in [-0.15, -0.1) is 0 Å². The molecule has 0 spiro atoms. The first kappa shape index (κ1) is 21.7. The zero-order chi connectivity index (χ0) is 22.0. The van der Waals surface area contributed by atoms with E-state index in [0.29, 0.717) is 32.6 Å². The fraction of sp³-hybridized carbons (Fsp3) is 0.182. The molecule has 1 aromatic heterocycles. The van der Waals surface area contributed by atoms with Crippen molar-refractivity contribution < 1.29 is 9.59 Å². The van der Waals surface area contributed by atoms with Gasteiger partial charge in [-0.05, 0) is 61.4 Å². The summed E-state index contributed by atoms with van der Waals surface area (Å²) >= 11 is 12.3. The van der Waals surface area contributed by atoms with Gasteiger partial charge in [0.1, 0.15) is 0 Å². The molecule has 0 atom stereocenters. The van der Waals surface area contributed by atoms with Crippen molar-refractivity contribution in [1.82, 2.24) is 14.9 Å². The summed E-state index contributed by atoms with van der Waals surface area (Å²) in [4.78, 5) is 35.0. The number of anilines is 1. The van der Waals surface area contributed by atoms with Crippen LogP contribution < -0.4 is 5.32 Å². The topological polar surface area (TPSA) is 75.2 Å². The van der Waals surface area contributed by atoms with Gasteiger partial charge in [0, 0.05) is 42.1 Å². The Balaban J connectivity index is 1.90. The van der Waals surface area contributed by atoms with Crippen LogP contribution in [-0.2, 0) is 0 Å². The highest BCUT2D eigenvalue weighted by Crippen LogP contribution is 2.29. The molecule has 0 saturated heterocycles. The first-order valence-corrected chi connectivity index (χ1v) is 9.85. The summed E-state index contributed by atoms with van der Waals surface area (Å²) in [6.45, 7) is 3.66. The molecular formula is C22H20Cl2N4O2. The monoisotopic (exact) mass is 442 g/mol. The van der Waals surface area contributed by atoms with Gasteiger partial charge in [-0.2, -0.15) is 0 Å². The van der Waals surface area contributed by atoms with E-state index in [1.54, 1.807) is 50.5 Å². The minimum atomic E-state index is -0.465. The first-order valence-electron chi connectivity index (χ1n) is 9.10. The third-order valence-electron chi connectivity index (χ3n) is 4.49. The number of nitrogens with zero attached hydrogens (tertiary/aromatic N) is 3. The largest absolute Gasteiger partial charge is 0.345 e. The molecule has 0 fully saturated rings. The van der Waals surface area contributed by atoms with Crippen LogP contribution in [0.15, 0.2) is 42.6 Å². The van der Waals surface area contributed by atoms with E-state index in [1.807, 2.05) is 13.8 Å². The van der Waals surface area contributed by atoms with Gasteiger partial charge in [-0.25, -0.2) is 9.97 Å². The lowest BCUT2D eigenvalue weighted by atomic mass is 10.0. The number of aryl methyl sites for hydroxylation is 2. The molecule has 8 heteroatoms. The van der Waals surface area contributed by atoms with Crippen LogP contribution in [0.3, 0.4) is 0 Å². The van der Waals surface area contributed by atoms with Crippen LogP contribution in [0.2, 0.25) is 10.0 Å². The van der Waals surface area contributed by atoms with E-state index < -0.39 is 5.91 Å². The predicted molar refractivity (Wildman–Crippen MR) is 119 cm³/mol. The van der Waals surface area contributed by atoms with Crippen molar-refractivity contribution in [2.24, 2.45) is 0 Å². The highest BCUT2D eigenvalue weighted by Gasteiger charge is 2.17. The number of benzene rings is 2. The fourth-order valence-corrected chi connectivity index (χ4v) is 3.41. The van der Waals surface area contributed by atoms with Crippen LogP contribution in [0.5, 0.6) is 0 Å². The van der Waals surface area contributed by atoms with Crippen molar-refractivity contribution in [2.75, 3.05) is 19.4 Å². The third-order valence-corrected chi connectivity index (χ3v) is 5.05. The zero-order valence-electron chi connectivity index (χ0n) is 17.0. The number of amides is 2. The molecule has 3 aromatic rings. The standard InChI is InChI=1S/C22H20Cl2N4O2/c1-12-9-14(22(30)28(3)4)10-13(2)19(12)27-21(29)20-25-8-7-18(26-20)16-11-15(23)5-6-17(16)24/h5-11H,1-4H3,(H,27,29). The Bertz CT molecular complexity index is 1120. The summed E-state index contributed by atoms with van der Waals surface area (Å²) in [7, 11) is 3.39. The second-order valence-corrected chi connectivity index (χ2v) is 7.87. The molecule has 0 saturated carbocycles. The number of nitrogens with one attached hydrogen (secondary N) is 1. The lowest BCUT2D eigenvalue weighted by Gasteiger charge is -2.16. The predicted octanol–water partition coefficient (Wildman–Crippen LogP) is 5.02. The average Bonchev–Trinajstić information content (AvgIpc) is 2.71. The van der Waals surface area contributed by atoms with Crippen molar-refractivity contribution >= 4 is 40.7 Å². The molecule has 1 heterocycles. The Morgan fingerprint density at radius 3 is 2.30 bits per heavy atom. The Morgan fingerprint density at radius 2 is 1.67 bits per heavy atom. The molecule has 1 N–H and O–H groups in total. The van der Waals surface area contributed by atoms with Crippen LogP contribution in [0.4, 0.5) is 5.69 Å². The van der Waals surface area contributed by atoms with Gasteiger partial charge in [-0.3, -0.25) is 9.59 Å². The van der Waals surface area contributed by atoms with E-state index in [1.165, 1.54) is 11.1 Å². The van der Waals surface area contributed by atoms with Gasteiger partial charge >= 0.3 is 0 Å². The van der Waals surface area contributed by atoms with Crippen molar-refractivity contribution in [1.29, 1.82) is 0 Å². The Kier molecular flexibility index (Phi) is 6.39. The van der Waals surface area contributed by atoms with Crippen LogP contribution in [0.25, 0.3) is 11.3 Å². The molecule has 0 aliphatic heterocycles. The van der Waals surface area contributed by atoms with Gasteiger partial charge in [0.15, 0.2) is 0 Å². The number of carbonyl (C=O) groups is 2. The van der Waals surface area contributed by atoms with E-state index in [-0.39, 0.29) is 11.7 Å². The molecular weight excluding hydrogens is 423 g/mol. The quantitative estimate of drug-likeness (QED) is 0.615. The van der Waals surface area contributed by atoms with Crippen molar-refractivity contribution in [3.05, 3.63) is 75.2 Å². The van der Waals surface area contributed by atoms with Crippen LogP contribution in [0, 0.1) is 13.8 Å². The summed E-state index contributed by atoms with van der Waals surface area (Å²) in [5.41, 5.74) is 3.81. The molecule has 3 rings (SSSR count). The molecule has 0 aliphatic rings. The number of carbonyl (C=O) groups excluding carboxylic acids is 2. The second-order valence-electron chi connectivity index (χ2n) is 7.03. The number of hydrogen-bond acceptors (Lipinski definition) is 4. The van der Waals surface area contributed by atoms with E-state index in [0.717, 1.165) is 11.1 Å². The maximum atomic E-state index is 12.8. The van der Waals surface area contributed by atoms with Gasteiger partial charge < -0.3 is 10.2 Å². The van der Waals surface area contributed by atoms with Crippen LogP contribution >= 0.6 is 23.2 Å². The van der Waals surface area contributed by atoms with Crippen LogP contribution in [0.1, 0.15) is 32.1 Å².